The smallest absolute Gasteiger partial charge is 0.338 e. The first kappa shape index (κ1) is 13.5. The van der Waals surface area contributed by atoms with Crippen molar-refractivity contribution < 1.29 is 4.52 Å². The third-order valence-corrected chi connectivity index (χ3v) is 3.94. The Bertz CT molecular complexity index is 991. The Labute approximate surface area is 132 Å². The zero-order chi connectivity index (χ0) is 15.8. The van der Waals surface area contributed by atoms with Crippen LogP contribution in [0.3, 0.4) is 0 Å². The summed E-state index contributed by atoms with van der Waals surface area (Å²) >= 11 is 0. The lowest BCUT2D eigenvalue weighted by Crippen LogP contribution is -2.03. The Hall–Kier alpha value is -3.14. The molecule has 4 heteroatoms. The summed E-state index contributed by atoms with van der Waals surface area (Å²) in [6.07, 6.45) is 1.86. The second-order valence-electron chi connectivity index (χ2n) is 5.43. The summed E-state index contributed by atoms with van der Waals surface area (Å²) < 4.78 is 4.87. The number of benzene rings is 2. The summed E-state index contributed by atoms with van der Waals surface area (Å²) in [5.41, 5.74) is 5.62. The van der Waals surface area contributed by atoms with Crippen LogP contribution in [0.5, 0.6) is 0 Å². The van der Waals surface area contributed by atoms with Crippen LogP contribution in [0.2, 0.25) is 0 Å². The predicted octanol–water partition coefficient (Wildman–Crippen LogP) is 3.95. The summed E-state index contributed by atoms with van der Waals surface area (Å²) in [5, 5.41) is 2.62. The first-order valence-corrected chi connectivity index (χ1v) is 7.37. The number of nitrogens with zero attached hydrogens (tertiary/aromatic N) is 1. The van der Waals surface area contributed by atoms with Gasteiger partial charge in [0.2, 0.25) is 0 Å². The first-order chi connectivity index (χ1) is 11.2. The molecule has 1 aliphatic heterocycles. The van der Waals surface area contributed by atoms with Crippen LogP contribution in [0.25, 0.3) is 11.6 Å². The van der Waals surface area contributed by atoms with Crippen molar-refractivity contribution in [2.45, 2.75) is 6.92 Å². The highest BCUT2D eigenvalue weighted by Gasteiger charge is 2.22. The van der Waals surface area contributed by atoms with E-state index in [4.69, 9.17) is 9.52 Å². The molecule has 0 saturated carbocycles. The molecule has 0 bridgehead atoms. The van der Waals surface area contributed by atoms with Crippen molar-refractivity contribution in [3.63, 3.8) is 0 Å². The molecule has 3 aromatic rings. The van der Waals surface area contributed by atoms with E-state index in [9.17, 15) is 4.79 Å². The van der Waals surface area contributed by atoms with Crippen molar-refractivity contribution >= 4 is 23.0 Å². The van der Waals surface area contributed by atoms with Gasteiger partial charge in [0.1, 0.15) is 0 Å². The van der Waals surface area contributed by atoms with Gasteiger partial charge in [-0.15, -0.1) is 0 Å². The maximum Gasteiger partial charge on any atom is 0.364 e. The molecule has 4 nitrogen and oxygen atoms in total. The fourth-order valence-corrected chi connectivity index (χ4v) is 2.77. The van der Waals surface area contributed by atoms with Gasteiger partial charge < -0.3 is 4.52 Å². The number of allylic oxidation sites excluding steroid dienone is 1. The number of fused-ring (bicyclic) bond motifs is 1. The average Bonchev–Trinajstić information content (AvgIpc) is 3.11. The Balaban J connectivity index is 1.95. The van der Waals surface area contributed by atoms with Gasteiger partial charge in [-0.05, 0) is 19.1 Å². The standard InChI is InChI=1S/C19H14N2O2/c1-12-15(19(22)23-21-12)11-16-14-9-5-6-10-17(14)20-18(16)13-7-3-2-4-8-13/h2-11,21H,1H3/b16-11-. The summed E-state index contributed by atoms with van der Waals surface area (Å²) in [6.45, 7) is 1.82. The van der Waals surface area contributed by atoms with Gasteiger partial charge >= 0.3 is 5.63 Å². The van der Waals surface area contributed by atoms with Crippen LogP contribution in [-0.2, 0) is 0 Å². The molecule has 0 saturated heterocycles. The molecule has 0 radical (unpaired) electrons. The molecule has 2 aromatic carbocycles. The van der Waals surface area contributed by atoms with Gasteiger partial charge in [0.25, 0.3) is 0 Å². The SMILES string of the molecule is Cc1[nH]oc(=O)c1/C=C1\C(c2ccccc2)=Nc2ccccc21. The highest BCUT2D eigenvalue weighted by Crippen LogP contribution is 2.37. The molecule has 4 rings (SSSR count). The largest absolute Gasteiger partial charge is 0.364 e. The Kier molecular flexibility index (Phi) is 3.08. The zero-order valence-corrected chi connectivity index (χ0v) is 12.5. The summed E-state index contributed by atoms with van der Waals surface area (Å²) in [4.78, 5) is 16.6. The fraction of sp³-hybridized carbons (Fsp3) is 0.0526. The molecule has 0 aliphatic carbocycles. The van der Waals surface area contributed by atoms with E-state index < -0.39 is 0 Å². The van der Waals surface area contributed by atoms with Gasteiger partial charge in [-0.1, -0.05) is 48.5 Å². The normalized spacial score (nSPS) is 14.8. The molecule has 0 amide bonds. The van der Waals surface area contributed by atoms with Crippen LogP contribution in [0.15, 0.2) is 68.9 Å². The average molecular weight is 302 g/mol. The van der Waals surface area contributed by atoms with Crippen LogP contribution in [-0.4, -0.2) is 10.9 Å². The van der Waals surface area contributed by atoms with Gasteiger partial charge in [0.05, 0.1) is 22.7 Å². The molecule has 1 aromatic heterocycles. The number of aromatic nitrogens is 1. The molecule has 1 N–H and O–H groups in total. The van der Waals surface area contributed by atoms with E-state index in [0.29, 0.717) is 11.3 Å². The Morgan fingerprint density at radius 2 is 1.78 bits per heavy atom. The number of hydrogen-bond acceptors (Lipinski definition) is 3. The van der Waals surface area contributed by atoms with Crippen LogP contribution in [0, 0.1) is 6.92 Å². The second-order valence-corrected chi connectivity index (χ2v) is 5.43. The fourth-order valence-electron chi connectivity index (χ4n) is 2.77. The van der Waals surface area contributed by atoms with E-state index in [1.54, 1.807) is 0 Å². The van der Waals surface area contributed by atoms with E-state index in [-0.39, 0.29) is 5.63 Å². The van der Waals surface area contributed by atoms with Gasteiger partial charge in [-0.2, -0.15) is 0 Å². The quantitative estimate of drug-likeness (QED) is 0.779. The lowest BCUT2D eigenvalue weighted by Gasteiger charge is -2.05. The number of H-pyrrole nitrogens is 1. The molecule has 112 valence electrons. The third kappa shape index (κ3) is 2.25. The van der Waals surface area contributed by atoms with Crippen molar-refractivity contribution in [3.05, 3.63) is 87.4 Å². The van der Waals surface area contributed by atoms with Gasteiger partial charge in [0.15, 0.2) is 0 Å². The number of aliphatic imine (C=N–C) groups is 1. The van der Waals surface area contributed by atoms with Gasteiger partial charge in [0, 0.05) is 16.7 Å². The van der Waals surface area contributed by atoms with E-state index in [2.05, 4.69) is 5.16 Å². The van der Waals surface area contributed by atoms with E-state index >= 15 is 0 Å². The molecular weight excluding hydrogens is 288 g/mol. The van der Waals surface area contributed by atoms with Crippen molar-refractivity contribution in [1.82, 2.24) is 5.16 Å². The number of para-hydroxylation sites is 1. The molecule has 0 unspecified atom stereocenters. The minimum absolute atomic E-state index is 0.369. The number of nitrogens with one attached hydrogen (secondary N) is 1. The topological polar surface area (TPSA) is 58.4 Å². The predicted molar refractivity (Wildman–Crippen MR) is 91.0 cm³/mol. The molecule has 0 fully saturated rings. The number of hydrogen-bond donors (Lipinski definition) is 1. The highest BCUT2D eigenvalue weighted by molar-refractivity contribution is 6.38. The molecular formula is C19H14N2O2. The van der Waals surface area contributed by atoms with Crippen LogP contribution in [0.4, 0.5) is 5.69 Å². The maximum atomic E-state index is 11.9. The molecule has 0 atom stereocenters. The molecule has 2 heterocycles. The van der Waals surface area contributed by atoms with Gasteiger partial charge in [-0.25, -0.2) is 14.9 Å². The Morgan fingerprint density at radius 1 is 1.04 bits per heavy atom. The second kappa shape index (κ2) is 5.25. The van der Waals surface area contributed by atoms with Crippen LogP contribution >= 0.6 is 0 Å². The summed E-state index contributed by atoms with van der Waals surface area (Å²) in [6, 6.07) is 17.9. The monoisotopic (exact) mass is 302 g/mol. The van der Waals surface area contributed by atoms with Crippen LogP contribution < -0.4 is 5.63 Å². The number of rotatable bonds is 2. The minimum atomic E-state index is -0.369. The molecule has 23 heavy (non-hydrogen) atoms. The molecule has 0 spiro atoms. The summed E-state index contributed by atoms with van der Waals surface area (Å²) in [5.74, 6) is 0. The van der Waals surface area contributed by atoms with Crippen molar-refractivity contribution in [2.24, 2.45) is 4.99 Å². The van der Waals surface area contributed by atoms with E-state index in [1.807, 2.05) is 67.6 Å². The third-order valence-electron chi connectivity index (χ3n) is 3.94. The zero-order valence-electron chi connectivity index (χ0n) is 12.5. The minimum Gasteiger partial charge on any atom is -0.338 e. The molecule has 1 aliphatic rings. The first-order valence-electron chi connectivity index (χ1n) is 7.37. The van der Waals surface area contributed by atoms with E-state index in [0.717, 1.165) is 28.1 Å². The van der Waals surface area contributed by atoms with Crippen LogP contribution in [0.1, 0.15) is 22.4 Å². The van der Waals surface area contributed by atoms with Crippen molar-refractivity contribution in [2.75, 3.05) is 0 Å². The lowest BCUT2D eigenvalue weighted by atomic mass is 9.96. The van der Waals surface area contributed by atoms with E-state index in [1.165, 1.54) is 0 Å². The highest BCUT2D eigenvalue weighted by atomic mass is 16.5. The number of aryl methyl sites for hydroxylation is 1. The Morgan fingerprint density at radius 3 is 2.52 bits per heavy atom. The maximum absolute atomic E-state index is 11.9. The van der Waals surface area contributed by atoms with Gasteiger partial charge in [-0.3, -0.25) is 0 Å². The number of aromatic amines is 1. The van der Waals surface area contributed by atoms with Crippen molar-refractivity contribution in [3.8, 4) is 0 Å². The van der Waals surface area contributed by atoms with Crippen molar-refractivity contribution in [1.29, 1.82) is 0 Å². The lowest BCUT2D eigenvalue weighted by molar-refractivity contribution is 0.387. The summed E-state index contributed by atoms with van der Waals surface area (Å²) in [7, 11) is 0.